The first-order chi connectivity index (χ1) is 20.8. The average Bonchev–Trinajstić information content (AvgIpc) is 2.97. The molecular formula is C38H76O5. The maximum Gasteiger partial charge on any atom is 0.303 e. The number of carboxylic acid groups (broad SMARTS) is 2. The summed E-state index contributed by atoms with van der Waals surface area (Å²) in [6.45, 7) is 6.85. The molecule has 0 rings (SSSR count). The van der Waals surface area contributed by atoms with Gasteiger partial charge in [-0.3, -0.25) is 9.59 Å². The Morgan fingerprint density at radius 2 is 0.581 bits per heavy atom. The van der Waals surface area contributed by atoms with Crippen LogP contribution in [0.25, 0.3) is 0 Å². The van der Waals surface area contributed by atoms with E-state index >= 15 is 0 Å². The van der Waals surface area contributed by atoms with Crippen LogP contribution in [0.5, 0.6) is 0 Å². The van der Waals surface area contributed by atoms with Gasteiger partial charge in [0.15, 0.2) is 0 Å². The summed E-state index contributed by atoms with van der Waals surface area (Å²) < 4.78 is 0. The van der Waals surface area contributed by atoms with Gasteiger partial charge in [0.05, 0.1) is 5.60 Å². The Kier molecular flexibility index (Phi) is 36.2. The Hall–Kier alpha value is -1.10. The highest BCUT2D eigenvalue weighted by Crippen LogP contribution is 2.29. The van der Waals surface area contributed by atoms with Crippen molar-refractivity contribution in [3.8, 4) is 0 Å². The zero-order chi connectivity index (χ0) is 32.3. The molecule has 3 N–H and O–H groups in total. The van der Waals surface area contributed by atoms with Crippen LogP contribution in [0.15, 0.2) is 0 Å². The third-order valence-electron chi connectivity index (χ3n) is 8.77. The average molecular weight is 613 g/mol. The smallest absolute Gasteiger partial charge is 0.303 e. The van der Waals surface area contributed by atoms with Crippen molar-refractivity contribution < 1.29 is 24.9 Å². The number of rotatable bonds is 33. The van der Waals surface area contributed by atoms with Gasteiger partial charge >= 0.3 is 11.9 Å². The van der Waals surface area contributed by atoms with Crippen molar-refractivity contribution in [1.82, 2.24) is 0 Å². The van der Waals surface area contributed by atoms with Gasteiger partial charge in [0.2, 0.25) is 0 Å². The second-order valence-electron chi connectivity index (χ2n) is 13.2. The van der Waals surface area contributed by atoms with Crippen LogP contribution in [0.1, 0.15) is 226 Å². The number of hydrogen-bond donors (Lipinski definition) is 3. The Morgan fingerprint density at radius 3 is 0.814 bits per heavy atom. The van der Waals surface area contributed by atoms with Crippen LogP contribution in [0.3, 0.4) is 0 Å². The molecule has 0 aromatic carbocycles. The van der Waals surface area contributed by atoms with Crippen LogP contribution in [-0.4, -0.2) is 32.9 Å². The second-order valence-corrected chi connectivity index (χ2v) is 13.2. The lowest BCUT2D eigenvalue weighted by molar-refractivity contribution is -0.138. The number of carbonyl (C=O) groups is 2. The van der Waals surface area contributed by atoms with Crippen LogP contribution < -0.4 is 0 Å². The van der Waals surface area contributed by atoms with Gasteiger partial charge in [-0.05, 0) is 32.1 Å². The van der Waals surface area contributed by atoms with Gasteiger partial charge in [0.25, 0.3) is 0 Å². The molecule has 5 heteroatoms. The van der Waals surface area contributed by atoms with Crippen molar-refractivity contribution in [2.75, 3.05) is 0 Å². The van der Waals surface area contributed by atoms with Gasteiger partial charge < -0.3 is 15.3 Å². The topological polar surface area (TPSA) is 94.8 Å². The molecule has 258 valence electrons. The normalized spacial score (nSPS) is 11.3. The highest BCUT2D eigenvalue weighted by atomic mass is 16.4. The molecule has 0 amide bonds. The molecule has 0 atom stereocenters. The zero-order valence-corrected chi connectivity index (χ0v) is 29.3. The lowest BCUT2D eigenvalue weighted by Crippen LogP contribution is -2.28. The Balaban J connectivity index is 0. The number of aliphatic hydroxyl groups is 1. The van der Waals surface area contributed by atoms with Crippen LogP contribution in [0.2, 0.25) is 0 Å². The second kappa shape index (κ2) is 35.4. The molecule has 0 saturated heterocycles. The summed E-state index contributed by atoms with van der Waals surface area (Å²) in [7, 11) is 0. The summed E-state index contributed by atoms with van der Waals surface area (Å²) in [5, 5.41) is 28.0. The standard InChI is InChI=1S/C28H58O.C10H18O4/c1-4-7-10-13-16-17-18-21-24-27-28(29,25-22-19-14-11-8-5-2)26-23-20-15-12-9-6-3;11-9(12)7-5-3-1-2-4-6-8-10(13)14/h29H,4-27H2,1-3H3;1-8H2,(H,11,12)(H,13,14). The highest BCUT2D eigenvalue weighted by Gasteiger charge is 2.25. The molecule has 0 heterocycles. The number of hydrogen-bond acceptors (Lipinski definition) is 3. The quantitative estimate of drug-likeness (QED) is 0.0641. The highest BCUT2D eigenvalue weighted by molar-refractivity contribution is 5.66. The first-order valence-electron chi connectivity index (χ1n) is 19.0. The van der Waals surface area contributed by atoms with Crippen molar-refractivity contribution in [3.05, 3.63) is 0 Å². The van der Waals surface area contributed by atoms with Crippen molar-refractivity contribution in [3.63, 3.8) is 0 Å². The molecule has 0 saturated carbocycles. The van der Waals surface area contributed by atoms with Gasteiger partial charge in [-0.1, -0.05) is 181 Å². The molecular weight excluding hydrogens is 536 g/mol. The maximum absolute atomic E-state index is 11.3. The molecule has 0 aliphatic rings. The monoisotopic (exact) mass is 613 g/mol. The Morgan fingerprint density at radius 1 is 0.372 bits per heavy atom. The van der Waals surface area contributed by atoms with Crippen molar-refractivity contribution in [2.24, 2.45) is 0 Å². The summed E-state index contributed by atoms with van der Waals surface area (Å²) in [5.74, 6) is -1.48. The molecule has 0 aromatic heterocycles. The van der Waals surface area contributed by atoms with Crippen molar-refractivity contribution >= 4 is 11.9 Å². The minimum Gasteiger partial charge on any atom is -0.481 e. The summed E-state index contributed by atoms with van der Waals surface area (Å²) in [6, 6.07) is 0. The van der Waals surface area contributed by atoms with E-state index in [4.69, 9.17) is 10.2 Å². The first-order valence-corrected chi connectivity index (χ1v) is 19.0. The van der Waals surface area contributed by atoms with Gasteiger partial charge in [-0.2, -0.15) is 0 Å². The molecule has 0 aromatic rings. The molecule has 5 nitrogen and oxygen atoms in total. The lowest BCUT2D eigenvalue weighted by atomic mass is 9.85. The molecule has 0 aliphatic heterocycles. The minimum atomic E-state index is -0.740. The zero-order valence-electron chi connectivity index (χ0n) is 29.3. The van der Waals surface area contributed by atoms with Gasteiger partial charge in [-0.15, -0.1) is 0 Å². The van der Waals surface area contributed by atoms with E-state index in [-0.39, 0.29) is 18.4 Å². The van der Waals surface area contributed by atoms with Gasteiger partial charge in [-0.25, -0.2) is 0 Å². The van der Waals surface area contributed by atoms with Crippen LogP contribution >= 0.6 is 0 Å². The lowest BCUT2D eigenvalue weighted by Gasteiger charge is -2.29. The molecule has 0 radical (unpaired) electrons. The minimum absolute atomic E-state index is 0.245. The number of carboxylic acids is 2. The molecule has 0 aliphatic carbocycles. The predicted octanol–water partition coefficient (Wildman–Crippen LogP) is 12.4. The summed E-state index contributed by atoms with van der Waals surface area (Å²) in [5.41, 5.74) is -0.364. The summed E-state index contributed by atoms with van der Waals surface area (Å²) in [6.07, 6.45) is 37.3. The maximum atomic E-state index is 11.3. The van der Waals surface area contributed by atoms with E-state index in [2.05, 4.69) is 20.8 Å². The van der Waals surface area contributed by atoms with E-state index in [1.165, 1.54) is 135 Å². The largest absolute Gasteiger partial charge is 0.481 e. The molecule has 43 heavy (non-hydrogen) atoms. The van der Waals surface area contributed by atoms with Gasteiger partial charge in [0, 0.05) is 12.8 Å². The van der Waals surface area contributed by atoms with E-state index in [1.807, 2.05) is 0 Å². The van der Waals surface area contributed by atoms with E-state index in [0.717, 1.165) is 57.8 Å². The SMILES string of the molecule is CCCCCCCCCCCC(O)(CCCCCCCC)CCCCCCCC.O=C(O)CCCCCCCCC(=O)O. The number of aliphatic carboxylic acids is 2. The van der Waals surface area contributed by atoms with Crippen molar-refractivity contribution in [2.45, 2.75) is 232 Å². The fraction of sp³-hybridized carbons (Fsp3) is 0.947. The molecule has 0 fully saturated rings. The Bertz CT molecular complexity index is 541. The number of unbranched alkanes of at least 4 members (excludes halogenated alkanes) is 23. The molecule has 0 spiro atoms. The Labute approximate surface area is 268 Å². The summed E-state index contributed by atoms with van der Waals surface area (Å²) in [4.78, 5) is 20.3. The van der Waals surface area contributed by atoms with Crippen LogP contribution in [0, 0.1) is 0 Å². The first kappa shape index (κ1) is 44.0. The van der Waals surface area contributed by atoms with Crippen LogP contribution in [-0.2, 0) is 9.59 Å². The van der Waals surface area contributed by atoms with Crippen molar-refractivity contribution in [1.29, 1.82) is 0 Å². The fourth-order valence-electron chi connectivity index (χ4n) is 5.87. The molecule has 0 unspecified atom stereocenters. The van der Waals surface area contributed by atoms with Gasteiger partial charge in [0.1, 0.15) is 0 Å². The van der Waals surface area contributed by atoms with E-state index in [9.17, 15) is 14.7 Å². The van der Waals surface area contributed by atoms with E-state index in [0.29, 0.717) is 0 Å². The summed E-state index contributed by atoms with van der Waals surface area (Å²) >= 11 is 0. The predicted molar refractivity (Wildman–Crippen MR) is 185 cm³/mol. The van der Waals surface area contributed by atoms with E-state index < -0.39 is 11.9 Å². The molecule has 0 bridgehead atoms. The van der Waals surface area contributed by atoms with E-state index in [1.54, 1.807) is 0 Å². The fourth-order valence-corrected chi connectivity index (χ4v) is 5.87. The third kappa shape index (κ3) is 38.9. The third-order valence-corrected chi connectivity index (χ3v) is 8.77. The van der Waals surface area contributed by atoms with Crippen LogP contribution in [0.4, 0.5) is 0 Å².